The van der Waals surface area contributed by atoms with Crippen LogP contribution in [0.1, 0.15) is 27.0 Å². The fourth-order valence-electron chi connectivity index (χ4n) is 1.76. The number of aryl methyl sites for hydroxylation is 2. The first-order chi connectivity index (χ1) is 8.90. The minimum absolute atomic E-state index is 0.0423. The van der Waals surface area contributed by atoms with E-state index in [1.165, 1.54) is 0 Å². The first kappa shape index (κ1) is 14.3. The molecule has 0 saturated heterocycles. The van der Waals surface area contributed by atoms with Crippen molar-refractivity contribution in [3.8, 4) is 0 Å². The SMILES string of the molecule is Cc1ccc(C(=O)c2cc(Br)c(C)cc2Br)cc1N. The molecule has 2 aromatic carbocycles. The summed E-state index contributed by atoms with van der Waals surface area (Å²) >= 11 is 6.89. The standard InChI is InChI=1S/C15H13Br2NO/c1-8-3-4-10(6-14(8)18)15(19)11-7-12(16)9(2)5-13(11)17/h3-7H,18H2,1-2H3. The number of anilines is 1. The summed E-state index contributed by atoms with van der Waals surface area (Å²) in [5.74, 6) is -0.0423. The van der Waals surface area contributed by atoms with E-state index < -0.39 is 0 Å². The van der Waals surface area contributed by atoms with Crippen molar-refractivity contribution >= 4 is 43.3 Å². The molecule has 0 atom stereocenters. The number of rotatable bonds is 2. The molecular formula is C15H13Br2NO. The molecule has 0 spiro atoms. The van der Waals surface area contributed by atoms with Gasteiger partial charge in [-0.15, -0.1) is 0 Å². The molecule has 2 nitrogen and oxygen atoms in total. The number of nitrogen functional groups attached to an aromatic ring is 1. The third kappa shape index (κ3) is 2.90. The van der Waals surface area contributed by atoms with Crippen LogP contribution in [0.5, 0.6) is 0 Å². The number of ketones is 1. The minimum atomic E-state index is -0.0423. The Morgan fingerprint density at radius 2 is 1.68 bits per heavy atom. The predicted octanol–water partition coefficient (Wildman–Crippen LogP) is 4.64. The summed E-state index contributed by atoms with van der Waals surface area (Å²) in [5, 5.41) is 0. The zero-order valence-electron chi connectivity index (χ0n) is 10.6. The van der Waals surface area contributed by atoms with E-state index in [1.54, 1.807) is 12.1 Å². The lowest BCUT2D eigenvalue weighted by molar-refractivity contribution is 0.103. The van der Waals surface area contributed by atoms with E-state index >= 15 is 0 Å². The maximum atomic E-state index is 12.5. The Morgan fingerprint density at radius 3 is 2.32 bits per heavy atom. The van der Waals surface area contributed by atoms with E-state index in [0.29, 0.717) is 16.8 Å². The van der Waals surface area contributed by atoms with Crippen molar-refractivity contribution in [1.82, 2.24) is 0 Å². The Balaban J connectivity index is 2.49. The topological polar surface area (TPSA) is 43.1 Å². The van der Waals surface area contributed by atoms with Gasteiger partial charge in [-0.3, -0.25) is 4.79 Å². The number of nitrogens with two attached hydrogens (primary N) is 1. The van der Waals surface area contributed by atoms with Crippen LogP contribution in [0.15, 0.2) is 39.3 Å². The van der Waals surface area contributed by atoms with Gasteiger partial charge in [-0.2, -0.15) is 0 Å². The molecule has 0 fully saturated rings. The summed E-state index contributed by atoms with van der Waals surface area (Å²) in [7, 11) is 0. The van der Waals surface area contributed by atoms with Gasteiger partial charge in [0, 0.05) is 25.8 Å². The van der Waals surface area contributed by atoms with Crippen LogP contribution >= 0.6 is 31.9 Å². The molecule has 0 radical (unpaired) electrons. The van der Waals surface area contributed by atoms with Crippen LogP contribution in [0.3, 0.4) is 0 Å². The van der Waals surface area contributed by atoms with E-state index in [0.717, 1.165) is 20.1 Å². The van der Waals surface area contributed by atoms with Gasteiger partial charge in [0.25, 0.3) is 0 Å². The second kappa shape index (κ2) is 5.47. The van der Waals surface area contributed by atoms with Gasteiger partial charge in [0.15, 0.2) is 5.78 Å². The number of benzene rings is 2. The van der Waals surface area contributed by atoms with Gasteiger partial charge in [-0.05, 0) is 43.2 Å². The molecule has 19 heavy (non-hydrogen) atoms. The largest absolute Gasteiger partial charge is 0.398 e. The monoisotopic (exact) mass is 381 g/mol. The second-order valence-electron chi connectivity index (χ2n) is 4.48. The van der Waals surface area contributed by atoms with Gasteiger partial charge in [0.05, 0.1) is 0 Å². The first-order valence-corrected chi connectivity index (χ1v) is 7.35. The van der Waals surface area contributed by atoms with Gasteiger partial charge < -0.3 is 5.73 Å². The Labute approximate surface area is 129 Å². The van der Waals surface area contributed by atoms with E-state index in [2.05, 4.69) is 31.9 Å². The van der Waals surface area contributed by atoms with Crippen LogP contribution in [0.2, 0.25) is 0 Å². The van der Waals surface area contributed by atoms with Gasteiger partial charge in [-0.1, -0.05) is 44.0 Å². The second-order valence-corrected chi connectivity index (χ2v) is 6.19. The zero-order valence-corrected chi connectivity index (χ0v) is 13.8. The average molecular weight is 383 g/mol. The van der Waals surface area contributed by atoms with Crippen molar-refractivity contribution in [3.05, 3.63) is 61.5 Å². The molecule has 0 aliphatic heterocycles. The number of carbonyl (C=O) groups is 1. The van der Waals surface area contributed by atoms with Crippen molar-refractivity contribution in [2.24, 2.45) is 0 Å². The van der Waals surface area contributed by atoms with Gasteiger partial charge in [-0.25, -0.2) is 0 Å². The Morgan fingerprint density at radius 1 is 1.00 bits per heavy atom. The highest BCUT2D eigenvalue weighted by Gasteiger charge is 2.15. The van der Waals surface area contributed by atoms with Crippen molar-refractivity contribution < 1.29 is 4.79 Å². The number of halogens is 2. The summed E-state index contributed by atoms with van der Waals surface area (Å²) in [6.45, 7) is 3.90. The minimum Gasteiger partial charge on any atom is -0.398 e. The number of hydrogen-bond donors (Lipinski definition) is 1. The fraction of sp³-hybridized carbons (Fsp3) is 0.133. The third-order valence-corrected chi connectivity index (χ3v) is 4.54. The Kier molecular flexibility index (Phi) is 4.11. The van der Waals surface area contributed by atoms with E-state index in [9.17, 15) is 4.79 Å². The molecule has 0 aliphatic carbocycles. The molecule has 2 N–H and O–H groups in total. The quantitative estimate of drug-likeness (QED) is 0.607. The highest BCUT2D eigenvalue weighted by Crippen LogP contribution is 2.28. The number of hydrogen-bond acceptors (Lipinski definition) is 2. The maximum absolute atomic E-state index is 12.5. The lowest BCUT2D eigenvalue weighted by Gasteiger charge is -2.08. The smallest absolute Gasteiger partial charge is 0.194 e. The molecule has 0 bridgehead atoms. The molecule has 0 aromatic heterocycles. The van der Waals surface area contributed by atoms with E-state index in [4.69, 9.17) is 5.73 Å². The van der Waals surface area contributed by atoms with Gasteiger partial charge in [0.2, 0.25) is 0 Å². The Hall–Kier alpha value is -1.13. The molecule has 0 heterocycles. The van der Waals surface area contributed by atoms with E-state index in [-0.39, 0.29) is 5.78 Å². The lowest BCUT2D eigenvalue weighted by Crippen LogP contribution is -2.04. The first-order valence-electron chi connectivity index (χ1n) is 5.76. The van der Waals surface area contributed by atoms with Crippen LogP contribution in [-0.4, -0.2) is 5.78 Å². The zero-order chi connectivity index (χ0) is 14.2. The molecule has 0 unspecified atom stereocenters. The highest BCUT2D eigenvalue weighted by molar-refractivity contribution is 9.11. The normalized spacial score (nSPS) is 10.5. The molecule has 4 heteroatoms. The Bertz CT molecular complexity index is 665. The molecule has 0 saturated carbocycles. The highest BCUT2D eigenvalue weighted by atomic mass is 79.9. The van der Waals surface area contributed by atoms with Crippen molar-refractivity contribution in [2.45, 2.75) is 13.8 Å². The fourth-order valence-corrected chi connectivity index (χ4v) is 2.74. The van der Waals surface area contributed by atoms with Crippen LogP contribution in [0.25, 0.3) is 0 Å². The number of carbonyl (C=O) groups excluding carboxylic acids is 1. The van der Waals surface area contributed by atoms with Crippen molar-refractivity contribution in [3.63, 3.8) is 0 Å². The molecule has 2 aromatic rings. The molecular weight excluding hydrogens is 370 g/mol. The van der Waals surface area contributed by atoms with Crippen LogP contribution in [0, 0.1) is 13.8 Å². The summed E-state index contributed by atoms with van der Waals surface area (Å²) in [6, 6.07) is 9.14. The summed E-state index contributed by atoms with van der Waals surface area (Å²) in [5.41, 5.74) is 9.76. The average Bonchev–Trinajstić information content (AvgIpc) is 2.36. The molecule has 98 valence electrons. The third-order valence-electron chi connectivity index (χ3n) is 3.03. The van der Waals surface area contributed by atoms with Crippen LogP contribution in [-0.2, 0) is 0 Å². The van der Waals surface area contributed by atoms with Crippen LogP contribution < -0.4 is 5.73 Å². The van der Waals surface area contributed by atoms with Crippen molar-refractivity contribution in [1.29, 1.82) is 0 Å². The lowest BCUT2D eigenvalue weighted by atomic mass is 10.0. The maximum Gasteiger partial charge on any atom is 0.194 e. The molecule has 0 amide bonds. The van der Waals surface area contributed by atoms with Gasteiger partial charge >= 0.3 is 0 Å². The predicted molar refractivity (Wildman–Crippen MR) is 85.6 cm³/mol. The summed E-state index contributed by atoms with van der Waals surface area (Å²) in [6.07, 6.45) is 0. The van der Waals surface area contributed by atoms with E-state index in [1.807, 2.05) is 32.0 Å². The molecule has 0 aliphatic rings. The molecule has 2 rings (SSSR count). The summed E-state index contributed by atoms with van der Waals surface area (Å²) in [4.78, 5) is 12.5. The summed E-state index contributed by atoms with van der Waals surface area (Å²) < 4.78 is 1.71. The van der Waals surface area contributed by atoms with Gasteiger partial charge in [0.1, 0.15) is 0 Å². The van der Waals surface area contributed by atoms with Crippen molar-refractivity contribution in [2.75, 3.05) is 5.73 Å². The van der Waals surface area contributed by atoms with Crippen LogP contribution in [0.4, 0.5) is 5.69 Å².